The van der Waals surface area contributed by atoms with Crippen LogP contribution in [-0.2, 0) is 4.79 Å². The van der Waals surface area contributed by atoms with Crippen molar-refractivity contribution >= 4 is 11.7 Å². The number of carbonyl (C=O) groups excluding carboxylic acids is 1. The van der Waals surface area contributed by atoms with Crippen LogP contribution in [0.15, 0.2) is 4.99 Å². The van der Waals surface area contributed by atoms with Crippen LogP contribution in [0.25, 0.3) is 0 Å². The maximum Gasteiger partial charge on any atom is 0.227 e. The number of nitrogens with one attached hydrogen (secondary N) is 1. The Kier molecular flexibility index (Phi) is 4.50. The highest BCUT2D eigenvalue weighted by Gasteiger charge is 2.13. The molecule has 0 aromatic carbocycles. The molecule has 0 aliphatic carbocycles. The number of rotatable bonds is 0. The number of hydrogen-bond acceptors (Lipinski definition) is 2. The zero-order valence-electron chi connectivity index (χ0n) is 7.64. The van der Waals surface area contributed by atoms with Gasteiger partial charge in [-0.05, 0) is 13.8 Å². The molecule has 1 aliphatic rings. The molecule has 1 rings (SSSR count). The zero-order valence-corrected chi connectivity index (χ0v) is 7.64. The van der Waals surface area contributed by atoms with Crippen LogP contribution < -0.4 is 5.32 Å². The molecular weight excluding hydrogens is 140 g/mol. The van der Waals surface area contributed by atoms with Gasteiger partial charge < -0.3 is 5.32 Å². The van der Waals surface area contributed by atoms with Crippen LogP contribution in [0, 0.1) is 0 Å². The number of nitrogens with zero attached hydrogens (tertiary/aromatic N) is 1. The minimum atomic E-state index is 0.0787. The van der Waals surface area contributed by atoms with Gasteiger partial charge in [-0.1, -0.05) is 13.8 Å². The van der Waals surface area contributed by atoms with Crippen molar-refractivity contribution in [2.45, 2.75) is 40.2 Å². The van der Waals surface area contributed by atoms with Crippen molar-refractivity contribution in [3.63, 3.8) is 0 Å². The van der Waals surface area contributed by atoms with E-state index in [-0.39, 0.29) is 11.9 Å². The van der Waals surface area contributed by atoms with Crippen molar-refractivity contribution in [3.05, 3.63) is 0 Å². The average molecular weight is 156 g/mol. The lowest BCUT2D eigenvalue weighted by molar-refractivity contribution is -0.120. The molecule has 3 heteroatoms. The van der Waals surface area contributed by atoms with E-state index >= 15 is 0 Å². The van der Waals surface area contributed by atoms with E-state index in [2.05, 4.69) is 10.3 Å². The Hall–Kier alpha value is -0.860. The number of aliphatic imine (C=N–C) groups is 1. The molecule has 3 nitrogen and oxygen atoms in total. The minimum Gasteiger partial charge on any atom is -0.315 e. The first-order chi connectivity index (χ1) is 5.18. The highest BCUT2D eigenvalue weighted by atomic mass is 16.1. The molecule has 1 unspecified atom stereocenters. The van der Waals surface area contributed by atoms with E-state index in [0.717, 1.165) is 5.84 Å². The van der Waals surface area contributed by atoms with E-state index in [1.807, 2.05) is 20.8 Å². The largest absolute Gasteiger partial charge is 0.315 e. The Bertz CT molecular complexity index is 163. The summed E-state index contributed by atoms with van der Waals surface area (Å²) in [7, 11) is 0. The van der Waals surface area contributed by atoms with Gasteiger partial charge in [0.15, 0.2) is 0 Å². The lowest BCUT2D eigenvalue weighted by Gasteiger charge is -2.14. The van der Waals surface area contributed by atoms with Gasteiger partial charge in [0, 0.05) is 6.42 Å². The summed E-state index contributed by atoms with van der Waals surface area (Å²) in [4.78, 5) is 14.8. The van der Waals surface area contributed by atoms with Crippen molar-refractivity contribution in [1.29, 1.82) is 0 Å². The summed E-state index contributed by atoms with van der Waals surface area (Å²) in [5.74, 6) is 0.814. The summed E-state index contributed by atoms with van der Waals surface area (Å²) in [5.41, 5.74) is 0. The molecule has 0 aromatic heterocycles. The molecule has 0 radical (unpaired) electrons. The summed E-state index contributed by atoms with van der Waals surface area (Å²) >= 11 is 0. The van der Waals surface area contributed by atoms with E-state index in [4.69, 9.17) is 0 Å². The number of carbonyl (C=O) groups is 1. The van der Waals surface area contributed by atoms with Gasteiger partial charge in [-0.3, -0.25) is 9.79 Å². The molecule has 0 saturated heterocycles. The third kappa shape index (κ3) is 3.75. The lowest BCUT2D eigenvalue weighted by atomic mass is 10.2. The number of amides is 1. The first kappa shape index (κ1) is 10.1. The van der Waals surface area contributed by atoms with Crippen LogP contribution in [0.1, 0.15) is 34.1 Å². The predicted octanol–water partition coefficient (Wildman–Crippen LogP) is 1.34. The van der Waals surface area contributed by atoms with Crippen LogP contribution >= 0.6 is 0 Å². The van der Waals surface area contributed by atoms with Gasteiger partial charge in [-0.2, -0.15) is 0 Å². The summed E-state index contributed by atoms with van der Waals surface area (Å²) < 4.78 is 0. The quantitative estimate of drug-likeness (QED) is 0.565. The molecule has 0 fully saturated rings. The van der Waals surface area contributed by atoms with Crippen LogP contribution in [0.2, 0.25) is 0 Å². The van der Waals surface area contributed by atoms with E-state index in [9.17, 15) is 4.79 Å². The van der Waals surface area contributed by atoms with Crippen molar-refractivity contribution in [1.82, 2.24) is 5.32 Å². The fraction of sp³-hybridized carbons (Fsp3) is 0.750. The zero-order chi connectivity index (χ0) is 8.85. The fourth-order valence-electron chi connectivity index (χ4n) is 0.930. The molecule has 1 N–H and O–H groups in total. The van der Waals surface area contributed by atoms with Crippen LogP contribution in [0.5, 0.6) is 0 Å². The third-order valence-corrected chi connectivity index (χ3v) is 1.22. The SMILES string of the molecule is CC.CC1=NC(C)CC(=O)N1. The van der Waals surface area contributed by atoms with E-state index in [1.165, 1.54) is 0 Å². The first-order valence-corrected chi connectivity index (χ1v) is 4.03. The maximum atomic E-state index is 10.7. The normalized spacial score (nSPS) is 22.7. The van der Waals surface area contributed by atoms with Crippen molar-refractivity contribution in [3.8, 4) is 0 Å². The average Bonchev–Trinajstić information content (AvgIpc) is 1.88. The van der Waals surface area contributed by atoms with Gasteiger partial charge in [0.1, 0.15) is 5.84 Å². The molecule has 0 bridgehead atoms. The van der Waals surface area contributed by atoms with E-state index in [1.54, 1.807) is 6.92 Å². The molecule has 0 aromatic rings. The molecule has 64 valence electrons. The fourth-order valence-corrected chi connectivity index (χ4v) is 0.930. The second-order valence-electron chi connectivity index (χ2n) is 2.32. The maximum absolute atomic E-state index is 10.7. The molecule has 1 aliphatic heterocycles. The second kappa shape index (κ2) is 4.88. The Morgan fingerprint density at radius 3 is 2.45 bits per heavy atom. The Morgan fingerprint density at radius 1 is 1.55 bits per heavy atom. The highest BCUT2D eigenvalue weighted by Crippen LogP contribution is 2.01. The van der Waals surface area contributed by atoms with Gasteiger partial charge in [-0.25, -0.2) is 0 Å². The monoisotopic (exact) mass is 156 g/mol. The van der Waals surface area contributed by atoms with E-state index < -0.39 is 0 Å². The van der Waals surface area contributed by atoms with Gasteiger partial charge >= 0.3 is 0 Å². The summed E-state index contributed by atoms with van der Waals surface area (Å²) in [6, 6.07) is 0.166. The Labute approximate surface area is 67.9 Å². The molecule has 0 spiro atoms. The topological polar surface area (TPSA) is 41.5 Å². The summed E-state index contributed by atoms with van der Waals surface area (Å²) in [6.45, 7) is 7.73. The Morgan fingerprint density at radius 2 is 2.09 bits per heavy atom. The molecule has 1 heterocycles. The number of amidine groups is 1. The Balaban J connectivity index is 0.000000461. The van der Waals surface area contributed by atoms with Crippen molar-refractivity contribution < 1.29 is 4.79 Å². The highest BCUT2D eigenvalue weighted by molar-refractivity contribution is 5.98. The van der Waals surface area contributed by atoms with Crippen LogP contribution in [0.3, 0.4) is 0 Å². The molecule has 1 atom stereocenters. The predicted molar refractivity (Wildman–Crippen MR) is 46.7 cm³/mol. The first-order valence-electron chi connectivity index (χ1n) is 4.03. The molecule has 0 saturated carbocycles. The minimum absolute atomic E-state index is 0.0787. The number of hydrogen-bond donors (Lipinski definition) is 1. The van der Waals surface area contributed by atoms with Crippen molar-refractivity contribution in [2.24, 2.45) is 4.99 Å². The van der Waals surface area contributed by atoms with Crippen LogP contribution in [-0.4, -0.2) is 17.8 Å². The molecule has 1 amide bonds. The summed E-state index contributed by atoms with van der Waals surface area (Å²) in [6.07, 6.45) is 0.525. The van der Waals surface area contributed by atoms with Gasteiger partial charge in [0.2, 0.25) is 5.91 Å². The third-order valence-electron chi connectivity index (χ3n) is 1.22. The van der Waals surface area contributed by atoms with Gasteiger partial charge in [0.05, 0.1) is 6.04 Å². The molecular formula is C8H16N2O. The molecule has 11 heavy (non-hydrogen) atoms. The second-order valence-corrected chi connectivity index (χ2v) is 2.32. The van der Waals surface area contributed by atoms with Gasteiger partial charge in [0.25, 0.3) is 0 Å². The van der Waals surface area contributed by atoms with Gasteiger partial charge in [-0.15, -0.1) is 0 Å². The summed E-state index contributed by atoms with van der Waals surface area (Å²) in [5, 5.41) is 2.62. The lowest BCUT2D eigenvalue weighted by Crippen LogP contribution is -2.35. The van der Waals surface area contributed by atoms with E-state index in [0.29, 0.717) is 6.42 Å². The van der Waals surface area contributed by atoms with Crippen LogP contribution in [0.4, 0.5) is 0 Å². The standard InChI is InChI=1S/C6H10N2O.C2H6/c1-4-3-6(9)8-5(2)7-4;1-2/h4H,3H2,1-2H3,(H,7,8,9);1-2H3. The smallest absolute Gasteiger partial charge is 0.227 e. The van der Waals surface area contributed by atoms with Crippen molar-refractivity contribution in [2.75, 3.05) is 0 Å².